The van der Waals surface area contributed by atoms with Crippen LogP contribution < -0.4 is 11.1 Å². The van der Waals surface area contributed by atoms with Gasteiger partial charge in [0.05, 0.1) is 37.5 Å². The summed E-state index contributed by atoms with van der Waals surface area (Å²) in [6.45, 7) is 6.48. The fourth-order valence-electron chi connectivity index (χ4n) is 4.48. The van der Waals surface area contributed by atoms with E-state index in [0.717, 1.165) is 66.4 Å². The number of ether oxygens (including phenoxy) is 2. The molecule has 0 saturated heterocycles. The number of aryl methyl sites for hydroxylation is 2. The van der Waals surface area contributed by atoms with Crippen LogP contribution in [0.25, 0.3) is 21.9 Å². The molecule has 40 heavy (non-hydrogen) atoms. The summed E-state index contributed by atoms with van der Waals surface area (Å²) in [7, 11) is 0. The predicted octanol–water partition coefficient (Wildman–Crippen LogP) is 4.16. The van der Waals surface area contributed by atoms with Gasteiger partial charge in [0, 0.05) is 50.6 Å². The zero-order chi connectivity index (χ0) is 28.7. The van der Waals surface area contributed by atoms with E-state index in [9.17, 15) is 14.4 Å². The monoisotopic (exact) mass is 553 g/mol. The van der Waals surface area contributed by atoms with Crippen LogP contribution in [0.15, 0.2) is 24.3 Å². The summed E-state index contributed by atoms with van der Waals surface area (Å²) in [6, 6.07) is 8.00. The second-order valence-electron chi connectivity index (χ2n) is 10.0. The first-order chi connectivity index (χ1) is 19.4. The van der Waals surface area contributed by atoms with Crippen molar-refractivity contribution >= 4 is 45.2 Å². The maximum absolute atomic E-state index is 12.2. The second-order valence-corrected chi connectivity index (χ2v) is 10.0. The number of carbonyl (C=O) groups is 3. The van der Waals surface area contributed by atoms with Crippen molar-refractivity contribution in [2.45, 2.75) is 78.2 Å². The lowest BCUT2D eigenvalue weighted by Gasteiger charge is -2.11. The Morgan fingerprint density at radius 2 is 1.68 bits per heavy atom. The van der Waals surface area contributed by atoms with E-state index in [4.69, 9.17) is 20.2 Å². The molecule has 0 atom stereocenters. The molecule has 0 aliphatic rings. The number of hydrogen-bond acceptors (Lipinski definition) is 8. The summed E-state index contributed by atoms with van der Waals surface area (Å²) in [4.78, 5) is 44.5. The number of carbonyl (C=O) groups excluding carboxylic acids is 3. The number of nitrogens with zero attached hydrogens (tertiary/aromatic N) is 3. The SMILES string of the molecule is CCCCc1nc2c(N)nc3ccccc3c2n1CCCCNC(=O)CCC(=O)CCOCCOCCC(C)=O. The molecule has 3 N–H and O–H groups in total. The van der Waals surface area contributed by atoms with Gasteiger partial charge < -0.3 is 25.1 Å². The molecule has 1 aromatic carbocycles. The molecule has 1 amide bonds. The van der Waals surface area contributed by atoms with Gasteiger partial charge in [-0.2, -0.15) is 0 Å². The third-order valence-electron chi connectivity index (χ3n) is 6.70. The van der Waals surface area contributed by atoms with Crippen LogP contribution >= 0.6 is 0 Å². The van der Waals surface area contributed by atoms with Crippen molar-refractivity contribution in [3.63, 3.8) is 0 Å². The molecule has 0 aliphatic heterocycles. The highest BCUT2D eigenvalue weighted by Crippen LogP contribution is 2.29. The van der Waals surface area contributed by atoms with Crippen LogP contribution in [0.3, 0.4) is 0 Å². The van der Waals surface area contributed by atoms with E-state index in [-0.39, 0.29) is 36.7 Å². The number of nitrogens with one attached hydrogen (secondary N) is 1. The Hall–Kier alpha value is -3.37. The zero-order valence-corrected chi connectivity index (χ0v) is 23.9. The third kappa shape index (κ3) is 9.67. The summed E-state index contributed by atoms with van der Waals surface area (Å²) >= 11 is 0. The minimum absolute atomic E-state index is 0.000215. The number of Topliss-reactive ketones (excluding diaryl/α,β-unsaturated/α-hetero) is 2. The Balaban J connectivity index is 1.38. The second kappa shape index (κ2) is 16.7. The van der Waals surface area contributed by atoms with Crippen LogP contribution in [0.4, 0.5) is 5.82 Å². The maximum Gasteiger partial charge on any atom is 0.220 e. The van der Waals surface area contributed by atoms with E-state index in [1.807, 2.05) is 18.2 Å². The molecule has 0 bridgehead atoms. The maximum atomic E-state index is 12.2. The molecule has 10 nitrogen and oxygen atoms in total. The minimum atomic E-state index is -0.116. The van der Waals surface area contributed by atoms with E-state index in [0.29, 0.717) is 45.2 Å². The van der Waals surface area contributed by atoms with Gasteiger partial charge in [0.25, 0.3) is 0 Å². The normalized spacial score (nSPS) is 11.3. The highest BCUT2D eigenvalue weighted by molar-refractivity contribution is 6.06. The lowest BCUT2D eigenvalue weighted by atomic mass is 10.1. The number of ketones is 2. The minimum Gasteiger partial charge on any atom is -0.382 e. The van der Waals surface area contributed by atoms with Gasteiger partial charge >= 0.3 is 0 Å². The molecule has 0 fully saturated rings. The first-order valence-corrected chi connectivity index (χ1v) is 14.4. The van der Waals surface area contributed by atoms with Crippen LogP contribution in [0.2, 0.25) is 0 Å². The van der Waals surface area contributed by atoms with Gasteiger partial charge in [-0.15, -0.1) is 0 Å². The van der Waals surface area contributed by atoms with Gasteiger partial charge in [-0.25, -0.2) is 9.97 Å². The molecule has 0 radical (unpaired) electrons. The van der Waals surface area contributed by atoms with Gasteiger partial charge in [0.15, 0.2) is 5.82 Å². The first-order valence-electron chi connectivity index (χ1n) is 14.4. The van der Waals surface area contributed by atoms with Crippen molar-refractivity contribution in [2.24, 2.45) is 0 Å². The van der Waals surface area contributed by atoms with Crippen molar-refractivity contribution in [1.82, 2.24) is 19.9 Å². The zero-order valence-electron chi connectivity index (χ0n) is 23.9. The van der Waals surface area contributed by atoms with Gasteiger partial charge in [-0.3, -0.25) is 14.4 Å². The van der Waals surface area contributed by atoms with Crippen molar-refractivity contribution in [3.8, 4) is 0 Å². The van der Waals surface area contributed by atoms with Crippen LogP contribution in [0.1, 0.15) is 71.0 Å². The number of rotatable bonds is 20. The summed E-state index contributed by atoms with van der Waals surface area (Å²) < 4.78 is 12.9. The number of benzene rings is 1. The molecule has 10 heteroatoms. The number of imidazole rings is 1. The van der Waals surface area contributed by atoms with Gasteiger partial charge in [-0.05, 0) is 32.3 Å². The number of amides is 1. The fourth-order valence-corrected chi connectivity index (χ4v) is 4.48. The molecule has 2 aromatic heterocycles. The number of unbranched alkanes of at least 4 members (excludes halogenated alkanes) is 2. The highest BCUT2D eigenvalue weighted by atomic mass is 16.5. The summed E-state index contributed by atoms with van der Waals surface area (Å²) in [5, 5.41) is 3.97. The van der Waals surface area contributed by atoms with Crippen molar-refractivity contribution in [2.75, 3.05) is 38.7 Å². The average Bonchev–Trinajstić information content (AvgIpc) is 3.31. The van der Waals surface area contributed by atoms with Crippen molar-refractivity contribution in [1.29, 1.82) is 0 Å². The van der Waals surface area contributed by atoms with E-state index in [1.165, 1.54) is 6.92 Å². The van der Waals surface area contributed by atoms with Crippen LogP contribution in [0.5, 0.6) is 0 Å². The Kier molecular flexibility index (Phi) is 13.0. The number of nitrogen functional groups attached to an aromatic ring is 1. The molecular weight excluding hydrogens is 510 g/mol. The third-order valence-corrected chi connectivity index (χ3v) is 6.70. The van der Waals surface area contributed by atoms with Gasteiger partial charge in [0.1, 0.15) is 22.9 Å². The number of hydrogen-bond donors (Lipinski definition) is 2. The number of pyridine rings is 1. The largest absolute Gasteiger partial charge is 0.382 e. The molecule has 0 aliphatic carbocycles. The van der Waals surface area contributed by atoms with Crippen molar-refractivity contribution < 1.29 is 23.9 Å². The number of aromatic nitrogens is 3. The molecule has 218 valence electrons. The Morgan fingerprint density at radius 3 is 2.42 bits per heavy atom. The summed E-state index contributed by atoms with van der Waals surface area (Å²) in [5.74, 6) is 1.45. The summed E-state index contributed by atoms with van der Waals surface area (Å²) in [6.07, 6.45) is 5.74. The molecule has 0 spiro atoms. The number of anilines is 1. The van der Waals surface area contributed by atoms with E-state index in [2.05, 4.69) is 27.9 Å². The van der Waals surface area contributed by atoms with Crippen LogP contribution in [-0.4, -0.2) is 65.0 Å². The standard InChI is InChI=1S/C30H43N5O5/c1-3-4-11-26-34-28-29(24-9-5-6-10-25(24)33-30(28)31)35(26)17-8-7-16-32-27(38)13-12-23(37)15-19-40-21-20-39-18-14-22(2)36/h5-6,9-10H,3-4,7-8,11-21H2,1-2H3,(H2,31,33)(H,32,38). The van der Waals surface area contributed by atoms with Gasteiger partial charge in [0.2, 0.25) is 5.91 Å². The van der Waals surface area contributed by atoms with Crippen LogP contribution in [-0.2, 0) is 36.8 Å². The molecule has 3 rings (SSSR count). The average molecular weight is 554 g/mol. The first kappa shape index (κ1) is 31.2. The Morgan fingerprint density at radius 1 is 0.925 bits per heavy atom. The Bertz CT molecular complexity index is 1270. The molecule has 0 unspecified atom stereocenters. The number of fused-ring (bicyclic) bond motifs is 3. The smallest absolute Gasteiger partial charge is 0.220 e. The van der Waals surface area contributed by atoms with Crippen molar-refractivity contribution in [3.05, 3.63) is 30.1 Å². The summed E-state index contributed by atoms with van der Waals surface area (Å²) in [5.41, 5.74) is 8.92. The highest BCUT2D eigenvalue weighted by Gasteiger charge is 2.17. The fraction of sp³-hybridized carbons (Fsp3) is 0.567. The molecule has 2 heterocycles. The molecular formula is C30H43N5O5. The van der Waals surface area contributed by atoms with E-state index >= 15 is 0 Å². The lowest BCUT2D eigenvalue weighted by molar-refractivity contribution is -0.126. The number of para-hydroxylation sites is 1. The topological polar surface area (TPSA) is 138 Å². The van der Waals surface area contributed by atoms with E-state index < -0.39 is 0 Å². The predicted molar refractivity (Wildman–Crippen MR) is 156 cm³/mol. The number of nitrogens with two attached hydrogens (primary N) is 1. The lowest BCUT2D eigenvalue weighted by Crippen LogP contribution is -2.25. The van der Waals surface area contributed by atoms with E-state index in [1.54, 1.807) is 0 Å². The van der Waals surface area contributed by atoms with Crippen LogP contribution in [0, 0.1) is 0 Å². The molecule has 3 aromatic rings. The Labute approximate surface area is 236 Å². The quantitative estimate of drug-likeness (QED) is 0.199. The molecule has 0 saturated carbocycles. The van der Waals surface area contributed by atoms with Gasteiger partial charge in [-0.1, -0.05) is 31.5 Å².